The first kappa shape index (κ1) is 15.7. The molecule has 2 aromatic carbocycles. The van der Waals surface area contributed by atoms with Crippen molar-refractivity contribution in [3.63, 3.8) is 0 Å². The molecule has 1 atom stereocenters. The predicted molar refractivity (Wildman–Crippen MR) is 94.0 cm³/mol. The molecule has 0 spiro atoms. The van der Waals surface area contributed by atoms with Crippen LogP contribution in [-0.4, -0.2) is 19.1 Å². The van der Waals surface area contributed by atoms with Crippen LogP contribution in [0.2, 0.25) is 0 Å². The van der Waals surface area contributed by atoms with E-state index in [1.165, 1.54) is 18.4 Å². The summed E-state index contributed by atoms with van der Waals surface area (Å²) < 4.78 is 0. The first-order chi connectivity index (χ1) is 11.3. The van der Waals surface area contributed by atoms with E-state index in [9.17, 15) is 0 Å². The summed E-state index contributed by atoms with van der Waals surface area (Å²) in [6, 6.07) is 19.3. The summed E-state index contributed by atoms with van der Waals surface area (Å²) in [6.45, 7) is 1.72. The van der Waals surface area contributed by atoms with Gasteiger partial charge in [0.1, 0.15) is 0 Å². The van der Waals surface area contributed by atoms with Gasteiger partial charge in [-0.05, 0) is 67.1 Å². The number of nitrogens with two attached hydrogens (primary N) is 1. The van der Waals surface area contributed by atoms with E-state index in [0.717, 1.165) is 30.1 Å². The Morgan fingerprint density at radius 3 is 2.57 bits per heavy atom. The minimum absolute atomic E-state index is 0.403. The van der Waals surface area contributed by atoms with Crippen LogP contribution in [0.4, 0.5) is 0 Å². The van der Waals surface area contributed by atoms with E-state index in [1.807, 2.05) is 24.3 Å². The van der Waals surface area contributed by atoms with Crippen LogP contribution in [-0.2, 0) is 0 Å². The Bertz CT molecular complexity index is 681. The zero-order valence-electron chi connectivity index (χ0n) is 13.3. The Morgan fingerprint density at radius 2 is 1.91 bits per heavy atom. The van der Waals surface area contributed by atoms with Crippen molar-refractivity contribution in [3.8, 4) is 17.2 Å². The summed E-state index contributed by atoms with van der Waals surface area (Å²) in [5.41, 5.74) is 10.2. The zero-order chi connectivity index (χ0) is 16.1. The zero-order valence-corrected chi connectivity index (χ0v) is 13.3. The molecule has 0 radical (unpaired) electrons. The monoisotopic (exact) mass is 305 g/mol. The van der Waals surface area contributed by atoms with Crippen LogP contribution >= 0.6 is 0 Å². The van der Waals surface area contributed by atoms with Gasteiger partial charge in [0, 0.05) is 6.04 Å². The van der Waals surface area contributed by atoms with Crippen LogP contribution in [0.15, 0.2) is 48.5 Å². The summed E-state index contributed by atoms with van der Waals surface area (Å²) in [5, 5.41) is 12.6. The smallest absolute Gasteiger partial charge is 0.0991 e. The van der Waals surface area contributed by atoms with Crippen molar-refractivity contribution in [1.29, 1.82) is 5.26 Å². The molecule has 0 bridgehead atoms. The molecule has 1 aliphatic carbocycles. The molecule has 3 heteroatoms. The van der Waals surface area contributed by atoms with Gasteiger partial charge in [0.15, 0.2) is 0 Å². The molecule has 3 nitrogen and oxygen atoms in total. The van der Waals surface area contributed by atoms with E-state index in [-0.39, 0.29) is 0 Å². The van der Waals surface area contributed by atoms with E-state index in [2.05, 4.69) is 35.7 Å². The fourth-order valence-electron chi connectivity index (χ4n) is 2.89. The number of nitriles is 1. The predicted octanol–water partition coefficient (Wildman–Crippen LogP) is 3.41. The Labute approximate surface area is 138 Å². The Morgan fingerprint density at radius 1 is 1.13 bits per heavy atom. The van der Waals surface area contributed by atoms with Gasteiger partial charge in [0.2, 0.25) is 0 Å². The van der Waals surface area contributed by atoms with Crippen LogP contribution in [0.25, 0.3) is 11.1 Å². The molecular formula is C20H23N3. The molecule has 0 saturated heterocycles. The van der Waals surface area contributed by atoms with E-state index >= 15 is 0 Å². The quantitative estimate of drug-likeness (QED) is 0.824. The summed E-state index contributed by atoms with van der Waals surface area (Å²) >= 11 is 0. The SMILES string of the molecule is N#Cc1cccc(-c2ccc(C(CN)CCNC3CC3)cc2)c1. The van der Waals surface area contributed by atoms with Crippen LogP contribution in [0, 0.1) is 11.3 Å². The van der Waals surface area contributed by atoms with Gasteiger partial charge < -0.3 is 11.1 Å². The summed E-state index contributed by atoms with van der Waals surface area (Å²) in [5.74, 6) is 0.403. The first-order valence-corrected chi connectivity index (χ1v) is 8.34. The van der Waals surface area contributed by atoms with Crippen molar-refractivity contribution in [2.24, 2.45) is 5.73 Å². The number of nitrogens with zero attached hydrogens (tertiary/aromatic N) is 1. The number of nitrogens with one attached hydrogen (secondary N) is 1. The largest absolute Gasteiger partial charge is 0.330 e. The molecule has 23 heavy (non-hydrogen) atoms. The summed E-state index contributed by atoms with van der Waals surface area (Å²) in [6.07, 6.45) is 3.73. The Kier molecular flexibility index (Phi) is 5.07. The van der Waals surface area contributed by atoms with Gasteiger partial charge in [0.25, 0.3) is 0 Å². The molecule has 0 amide bonds. The highest BCUT2D eigenvalue weighted by atomic mass is 14.9. The first-order valence-electron chi connectivity index (χ1n) is 8.34. The van der Waals surface area contributed by atoms with Gasteiger partial charge in [-0.3, -0.25) is 0 Å². The van der Waals surface area contributed by atoms with E-state index < -0.39 is 0 Å². The van der Waals surface area contributed by atoms with Crippen molar-refractivity contribution in [1.82, 2.24) is 5.32 Å². The number of benzene rings is 2. The van der Waals surface area contributed by atoms with Crippen molar-refractivity contribution in [2.45, 2.75) is 31.2 Å². The molecule has 1 aliphatic rings. The lowest BCUT2D eigenvalue weighted by Crippen LogP contribution is -2.22. The fraction of sp³-hybridized carbons (Fsp3) is 0.350. The van der Waals surface area contributed by atoms with Gasteiger partial charge in [0.05, 0.1) is 11.6 Å². The van der Waals surface area contributed by atoms with Crippen molar-refractivity contribution in [3.05, 3.63) is 59.7 Å². The summed E-state index contributed by atoms with van der Waals surface area (Å²) in [4.78, 5) is 0. The Balaban J connectivity index is 1.68. The van der Waals surface area contributed by atoms with Crippen LogP contribution in [0.1, 0.15) is 36.3 Å². The van der Waals surface area contributed by atoms with Crippen molar-refractivity contribution >= 4 is 0 Å². The van der Waals surface area contributed by atoms with Crippen LogP contribution in [0.5, 0.6) is 0 Å². The van der Waals surface area contributed by atoms with E-state index in [1.54, 1.807) is 0 Å². The maximum Gasteiger partial charge on any atom is 0.0991 e. The number of hydrogen-bond acceptors (Lipinski definition) is 3. The molecular weight excluding hydrogens is 282 g/mol. The molecule has 2 aromatic rings. The van der Waals surface area contributed by atoms with E-state index in [0.29, 0.717) is 18.0 Å². The van der Waals surface area contributed by atoms with Gasteiger partial charge in [-0.1, -0.05) is 36.4 Å². The van der Waals surface area contributed by atoms with Crippen molar-refractivity contribution in [2.75, 3.05) is 13.1 Å². The van der Waals surface area contributed by atoms with Gasteiger partial charge in [-0.25, -0.2) is 0 Å². The molecule has 3 N–H and O–H groups in total. The highest BCUT2D eigenvalue weighted by Gasteiger charge is 2.20. The maximum absolute atomic E-state index is 9.01. The topological polar surface area (TPSA) is 61.8 Å². The molecule has 3 rings (SSSR count). The Hall–Kier alpha value is -2.15. The third-order valence-electron chi connectivity index (χ3n) is 4.49. The third-order valence-corrected chi connectivity index (χ3v) is 4.49. The average molecular weight is 305 g/mol. The molecule has 0 aliphatic heterocycles. The average Bonchev–Trinajstić information content (AvgIpc) is 3.43. The van der Waals surface area contributed by atoms with Crippen LogP contribution < -0.4 is 11.1 Å². The number of hydrogen-bond donors (Lipinski definition) is 2. The second-order valence-corrected chi connectivity index (χ2v) is 6.26. The summed E-state index contributed by atoms with van der Waals surface area (Å²) in [7, 11) is 0. The molecule has 0 aromatic heterocycles. The molecule has 1 saturated carbocycles. The highest BCUT2D eigenvalue weighted by Crippen LogP contribution is 2.25. The standard InChI is InChI=1S/C20H23N3/c21-13-15-2-1-3-18(12-15)16-4-6-17(7-5-16)19(14-22)10-11-23-20-8-9-20/h1-7,12,19-20,23H,8-11,14,22H2. The second kappa shape index (κ2) is 7.41. The number of rotatable bonds is 7. The van der Waals surface area contributed by atoms with E-state index in [4.69, 9.17) is 11.0 Å². The lowest BCUT2D eigenvalue weighted by molar-refractivity contribution is 0.570. The minimum Gasteiger partial charge on any atom is -0.330 e. The fourth-order valence-corrected chi connectivity index (χ4v) is 2.89. The van der Waals surface area contributed by atoms with Crippen LogP contribution in [0.3, 0.4) is 0 Å². The normalized spacial score (nSPS) is 15.1. The lowest BCUT2D eigenvalue weighted by atomic mass is 9.93. The molecule has 1 unspecified atom stereocenters. The van der Waals surface area contributed by atoms with Gasteiger partial charge in [-0.15, -0.1) is 0 Å². The van der Waals surface area contributed by atoms with Gasteiger partial charge in [-0.2, -0.15) is 5.26 Å². The highest BCUT2D eigenvalue weighted by molar-refractivity contribution is 5.65. The molecule has 1 fully saturated rings. The van der Waals surface area contributed by atoms with Crippen molar-refractivity contribution < 1.29 is 0 Å². The second-order valence-electron chi connectivity index (χ2n) is 6.26. The molecule has 118 valence electrons. The lowest BCUT2D eigenvalue weighted by Gasteiger charge is -2.16. The molecule has 0 heterocycles. The third kappa shape index (κ3) is 4.19. The maximum atomic E-state index is 9.01. The van der Waals surface area contributed by atoms with Gasteiger partial charge >= 0.3 is 0 Å². The minimum atomic E-state index is 0.403.